The summed E-state index contributed by atoms with van der Waals surface area (Å²) in [6.07, 6.45) is 0. The van der Waals surface area contributed by atoms with E-state index in [9.17, 15) is 4.79 Å². The van der Waals surface area contributed by atoms with Crippen LogP contribution in [-0.4, -0.2) is 27.3 Å². The third-order valence-corrected chi connectivity index (χ3v) is 5.42. The number of amides is 1. The highest BCUT2D eigenvalue weighted by Crippen LogP contribution is 2.29. The summed E-state index contributed by atoms with van der Waals surface area (Å²) >= 11 is 1.58. The Labute approximate surface area is 179 Å². The first kappa shape index (κ1) is 19.8. The monoisotopic (exact) mass is 418 g/mol. The lowest BCUT2D eigenvalue weighted by molar-refractivity contribution is 0.101. The fraction of sp³-hybridized carbons (Fsp3) is 0.174. The maximum atomic E-state index is 13.0. The highest BCUT2D eigenvalue weighted by Gasteiger charge is 2.17. The summed E-state index contributed by atoms with van der Waals surface area (Å²) in [6.45, 7) is 4.54. The third kappa shape index (κ3) is 4.11. The number of rotatable bonds is 6. The van der Waals surface area contributed by atoms with Gasteiger partial charge in [0.2, 0.25) is 0 Å². The number of carbonyl (C=O) groups is 1. The van der Waals surface area contributed by atoms with Crippen molar-refractivity contribution in [3.8, 4) is 28.3 Å². The normalized spacial score (nSPS) is 10.8. The van der Waals surface area contributed by atoms with Crippen molar-refractivity contribution in [2.45, 2.75) is 13.8 Å². The lowest BCUT2D eigenvalue weighted by Gasteiger charge is -2.09. The summed E-state index contributed by atoms with van der Waals surface area (Å²) in [7, 11) is 1.77. The molecule has 0 spiro atoms. The summed E-state index contributed by atoms with van der Waals surface area (Å²) in [5.74, 6) is 0.589. The highest BCUT2D eigenvalue weighted by atomic mass is 32.1. The smallest absolute Gasteiger partial charge is 0.273 e. The Balaban J connectivity index is 1.58. The number of nitrogens with zero attached hydrogens (tertiary/aromatic N) is 3. The van der Waals surface area contributed by atoms with E-state index in [4.69, 9.17) is 4.74 Å². The van der Waals surface area contributed by atoms with Crippen molar-refractivity contribution < 1.29 is 9.53 Å². The average molecular weight is 419 g/mol. The van der Waals surface area contributed by atoms with E-state index in [1.54, 1.807) is 29.1 Å². The topological polar surface area (TPSA) is 69.0 Å². The molecule has 0 saturated carbocycles. The van der Waals surface area contributed by atoms with Gasteiger partial charge in [-0.3, -0.25) is 9.48 Å². The van der Waals surface area contributed by atoms with Gasteiger partial charge in [0.05, 0.1) is 28.7 Å². The van der Waals surface area contributed by atoms with Gasteiger partial charge in [0.15, 0.2) is 0 Å². The lowest BCUT2D eigenvalue weighted by atomic mass is 10.1. The van der Waals surface area contributed by atoms with E-state index < -0.39 is 0 Å². The van der Waals surface area contributed by atoms with Gasteiger partial charge in [0, 0.05) is 23.6 Å². The first-order chi connectivity index (χ1) is 14.5. The summed E-state index contributed by atoms with van der Waals surface area (Å²) in [5.41, 5.74) is 4.60. The van der Waals surface area contributed by atoms with Crippen molar-refractivity contribution in [2.24, 2.45) is 7.05 Å². The van der Waals surface area contributed by atoms with E-state index in [-0.39, 0.29) is 5.91 Å². The van der Waals surface area contributed by atoms with Crippen LogP contribution in [0, 0.1) is 6.92 Å². The molecule has 4 aromatic rings. The van der Waals surface area contributed by atoms with E-state index in [1.165, 1.54) is 0 Å². The molecule has 4 rings (SSSR count). The molecule has 2 aromatic carbocycles. The van der Waals surface area contributed by atoms with Crippen LogP contribution in [0.4, 0.5) is 5.69 Å². The van der Waals surface area contributed by atoms with Crippen LogP contribution in [0.15, 0.2) is 60.0 Å². The molecule has 1 amide bonds. The minimum atomic E-state index is -0.221. The zero-order valence-electron chi connectivity index (χ0n) is 17.0. The second-order valence-electron chi connectivity index (χ2n) is 6.75. The van der Waals surface area contributed by atoms with Gasteiger partial charge >= 0.3 is 0 Å². The Morgan fingerprint density at radius 3 is 2.60 bits per heavy atom. The zero-order chi connectivity index (χ0) is 21.1. The number of nitrogens with one attached hydrogen (secondary N) is 1. The summed E-state index contributed by atoms with van der Waals surface area (Å²) in [4.78, 5) is 17.5. The minimum absolute atomic E-state index is 0.221. The Hall–Kier alpha value is -3.45. The maximum Gasteiger partial charge on any atom is 0.273 e. The fourth-order valence-corrected chi connectivity index (χ4v) is 3.81. The zero-order valence-corrected chi connectivity index (χ0v) is 17.9. The van der Waals surface area contributed by atoms with Crippen molar-refractivity contribution >= 4 is 22.9 Å². The van der Waals surface area contributed by atoms with Crippen molar-refractivity contribution in [1.82, 2.24) is 14.8 Å². The molecule has 30 heavy (non-hydrogen) atoms. The number of ether oxygens (including phenoxy) is 1. The number of carbonyl (C=O) groups excluding carboxylic acids is 1. The molecule has 2 aromatic heterocycles. The Bertz CT molecular complexity index is 1180. The second kappa shape index (κ2) is 8.51. The van der Waals surface area contributed by atoms with E-state index in [0.717, 1.165) is 39.0 Å². The van der Waals surface area contributed by atoms with E-state index in [1.807, 2.05) is 67.8 Å². The van der Waals surface area contributed by atoms with Gasteiger partial charge in [-0.25, -0.2) is 4.98 Å². The van der Waals surface area contributed by atoms with E-state index in [2.05, 4.69) is 15.4 Å². The number of benzene rings is 2. The van der Waals surface area contributed by atoms with E-state index in [0.29, 0.717) is 12.3 Å². The standard InChI is InChI=1S/C23H22N4O2S/c1-4-29-17-11-9-16(10-12-17)20-13-22(27(3)26-20)23(28)25-19-8-6-5-7-18(19)21-14-30-15(2)24-21/h5-14H,4H2,1-3H3,(H,25,28). The molecule has 152 valence electrons. The first-order valence-corrected chi connectivity index (χ1v) is 10.5. The number of aryl methyl sites for hydroxylation is 2. The van der Waals surface area contributed by atoms with Crippen LogP contribution in [0.3, 0.4) is 0 Å². The summed E-state index contributed by atoms with van der Waals surface area (Å²) in [6, 6.07) is 17.1. The fourth-order valence-electron chi connectivity index (χ4n) is 3.20. The number of hydrogen-bond acceptors (Lipinski definition) is 5. The molecule has 2 heterocycles. The van der Waals surface area contributed by atoms with Gasteiger partial charge < -0.3 is 10.1 Å². The Kier molecular flexibility index (Phi) is 5.63. The maximum absolute atomic E-state index is 13.0. The first-order valence-electron chi connectivity index (χ1n) is 9.65. The molecular weight excluding hydrogens is 396 g/mol. The van der Waals surface area contributed by atoms with Crippen LogP contribution in [-0.2, 0) is 7.05 Å². The predicted molar refractivity (Wildman–Crippen MR) is 120 cm³/mol. The van der Waals surface area contributed by atoms with Crippen molar-refractivity contribution in [1.29, 1.82) is 0 Å². The van der Waals surface area contributed by atoms with Crippen LogP contribution in [0.25, 0.3) is 22.5 Å². The van der Waals surface area contributed by atoms with Crippen molar-refractivity contribution in [3.05, 3.63) is 70.7 Å². The molecule has 0 radical (unpaired) electrons. The van der Waals surface area contributed by atoms with Gasteiger partial charge in [0.1, 0.15) is 11.4 Å². The SMILES string of the molecule is CCOc1ccc(-c2cc(C(=O)Nc3ccccc3-c3csc(C)n3)n(C)n2)cc1. The van der Waals surface area contributed by atoms with Gasteiger partial charge in [0.25, 0.3) is 5.91 Å². The van der Waals surface area contributed by atoms with Crippen LogP contribution >= 0.6 is 11.3 Å². The largest absolute Gasteiger partial charge is 0.494 e. The molecule has 0 aliphatic carbocycles. The molecular formula is C23H22N4O2S. The number of aromatic nitrogens is 3. The number of thiazole rings is 1. The van der Waals surface area contributed by atoms with Crippen molar-refractivity contribution in [3.63, 3.8) is 0 Å². The van der Waals surface area contributed by atoms with Crippen LogP contribution in [0.5, 0.6) is 5.75 Å². The minimum Gasteiger partial charge on any atom is -0.494 e. The number of anilines is 1. The van der Waals surface area contributed by atoms with E-state index >= 15 is 0 Å². The van der Waals surface area contributed by atoms with Crippen LogP contribution in [0.2, 0.25) is 0 Å². The van der Waals surface area contributed by atoms with Gasteiger partial charge in [-0.15, -0.1) is 11.3 Å². The molecule has 1 N–H and O–H groups in total. The molecule has 0 aliphatic rings. The number of para-hydroxylation sites is 1. The highest BCUT2D eigenvalue weighted by molar-refractivity contribution is 7.09. The molecule has 0 bridgehead atoms. The second-order valence-corrected chi connectivity index (χ2v) is 7.81. The van der Waals surface area contributed by atoms with Gasteiger partial charge in [-0.05, 0) is 50.2 Å². The van der Waals surface area contributed by atoms with Crippen LogP contribution in [0.1, 0.15) is 22.4 Å². The molecule has 0 atom stereocenters. The molecule has 0 saturated heterocycles. The van der Waals surface area contributed by atoms with Gasteiger partial charge in [-0.1, -0.05) is 18.2 Å². The molecule has 0 unspecified atom stereocenters. The molecule has 6 nitrogen and oxygen atoms in total. The molecule has 7 heteroatoms. The Morgan fingerprint density at radius 2 is 1.90 bits per heavy atom. The van der Waals surface area contributed by atoms with Gasteiger partial charge in [-0.2, -0.15) is 5.10 Å². The average Bonchev–Trinajstić information content (AvgIpc) is 3.35. The summed E-state index contributed by atoms with van der Waals surface area (Å²) < 4.78 is 7.08. The van der Waals surface area contributed by atoms with Crippen molar-refractivity contribution in [2.75, 3.05) is 11.9 Å². The lowest BCUT2D eigenvalue weighted by Crippen LogP contribution is -2.16. The number of hydrogen-bond donors (Lipinski definition) is 1. The third-order valence-electron chi connectivity index (χ3n) is 4.64. The molecule has 0 fully saturated rings. The quantitative estimate of drug-likeness (QED) is 0.469. The predicted octanol–water partition coefficient (Wildman–Crippen LogP) is 5.17. The Morgan fingerprint density at radius 1 is 1.13 bits per heavy atom. The molecule has 0 aliphatic heterocycles. The summed E-state index contributed by atoms with van der Waals surface area (Å²) in [5, 5.41) is 10.5. The van der Waals surface area contributed by atoms with Crippen LogP contribution < -0.4 is 10.1 Å².